The van der Waals surface area contributed by atoms with Crippen LogP contribution >= 0.6 is 0 Å². The minimum Gasteiger partial charge on any atom is -0.385 e. The smallest absolute Gasteiger partial charge is 0.123 e. The van der Waals surface area contributed by atoms with Gasteiger partial charge in [-0.15, -0.1) is 0 Å². The molecule has 0 bridgehead atoms. The maximum absolute atomic E-state index is 12.9. The van der Waals surface area contributed by atoms with Crippen LogP contribution in [0, 0.1) is 5.82 Å². The topological polar surface area (TPSA) is 29.5 Å². The molecule has 1 aliphatic rings. The van der Waals surface area contributed by atoms with Gasteiger partial charge in [0.2, 0.25) is 0 Å². The summed E-state index contributed by atoms with van der Waals surface area (Å²) < 4.78 is 18.6. The van der Waals surface area contributed by atoms with Gasteiger partial charge in [0, 0.05) is 0 Å². The Morgan fingerprint density at radius 1 is 1.11 bits per heavy atom. The van der Waals surface area contributed by atoms with E-state index >= 15 is 0 Å². The van der Waals surface area contributed by atoms with Crippen molar-refractivity contribution in [3.63, 3.8) is 0 Å². The Morgan fingerprint density at radius 2 is 1.84 bits per heavy atom. The van der Waals surface area contributed by atoms with Crippen LogP contribution in [0.25, 0.3) is 0 Å². The third-order valence-corrected chi connectivity index (χ3v) is 3.53. The van der Waals surface area contributed by atoms with E-state index in [9.17, 15) is 9.50 Å². The molecule has 2 aromatic rings. The highest BCUT2D eigenvalue weighted by molar-refractivity contribution is 5.33. The molecule has 3 heteroatoms. The van der Waals surface area contributed by atoms with Gasteiger partial charge in [-0.25, -0.2) is 4.39 Å². The molecule has 0 fully saturated rings. The molecule has 1 N–H and O–H groups in total. The number of aliphatic hydroxyl groups excluding tert-OH is 1. The second kappa shape index (κ2) is 5.11. The fraction of sp³-hybridized carbons (Fsp3) is 0.250. The second-order valence-corrected chi connectivity index (χ2v) is 4.74. The maximum Gasteiger partial charge on any atom is 0.123 e. The quantitative estimate of drug-likeness (QED) is 0.896. The molecule has 19 heavy (non-hydrogen) atoms. The lowest BCUT2D eigenvalue weighted by Gasteiger charge is -2.30. The van der Waals surface area contributed by atoms with Gasteiger partial charge in [-0.2, -0.15) is 0 Å². The van der Waals surface area contributed by atoms with Crippen molar-refractivity contribution in [1.29, 1.82) is 0 Å². The van der Waals surface area contributed by atoms with Crippen molar-refractivity contribution in [2.45, 2.75) is 18.6 Å². The summed E-state index contributed by atoms with van der Waals surface area (Å²) in [5.74, 6) is -0.305. The molecule has 3 rings (SSSR count). The third kappa shape index (κ3) is 2.39. The molecule has 1 aliphatic heterocycles. The first-order valence-electron chi connectivity index (χ1n) is 6.38. The summed E-state index contributed by atoms with van der Waals surface area (Å²) >= 11 is 0. The van der Waals surface area contributed by atoms with E-state index in [-0.39, 0.29) is 11.9 Å². The fourth-order valence-corrected chi connectivity index (χ4v) is 2.52. The molecular weight excluding hydrogens is 243 g/mol. The Kier molecular flexibility index (Phi) is 3.32. The van der Waals surface area contributed by atoms with Crippen LogP contribution < -0.4 is 0 Å². The van der Waals surface area contributed by atoms with E-state index in [1.54, 1.807) is 12.1 Å². The molecule has 2 atom stereocenters. The van der Waals surface area contributed by atoms with E-state index in [0.29, 0.717) is 12.2 Å². The molecule has 1 heterocycles. The van der Waals surface area contributed by atoms with Gasteiger partial charge in [0.05, 0.1) is 6.61 Å². The number of ether oxygens (including phenoxy) is 1. The van der Waals surface area contributed by atoms with E-state index < -0.39 is 6.10 Å². The standard InChI is InChI=1S/C16H15FO2/c17-13-7-5-12(6-8-13)15(18)16-14-4-2-1-3-11(14)9-10-19-16/h1-8,15-16,18H,9-10H2. The molecule has 2 unspecified atom stereocenters. The van der Waals surface area contributed by atoms with Gasteiger partial charge >= 0.3 is 0 Å². The first-order chi connectivity index (χ1) is 9.25. The number of hydrogen-bond acceptors (Lipinski definition) is 2. The lowest BCUT2D eigenvalue weighted by molar-refractivity contribution is -0.0483. The lowest BCUT2D eigenvalue weighted by atomic mass is 9.91. The summed E-state index contributed by atoms with van der Waals surface area (Å²) in [6.45, 7) is 0.597. The van der Waals surface area contributed by atoms with Gasteiger partial charge < -0.3 is 9.84 Å². The monoisotopic (exact) mass is 258 g/mol. The molecule has 0 amide bonds. The van der Waals surface area contributed by atoms with Crippen LogP contribution in [-0.4, -0.2) is 11.7 Å². The lowest BCUT2D eigenvalue weighted by Crippen LogP contribution is -2.22. The van der Waals surface area contributed by atoms with E-state index in [4.69, 9.17) is 4.74 Å². The molecule has 0 radical (unpaired) electrons. The first kappa shape index (κ1) is 12.3. The Hall–Kier alpha value is -1.71. The number of benzene rings is 2. The molecule has 2 aromatic carbocycles. The van der Waals surface area contributed by atoms with Crippen molar-refractivity contribution in [3.05, 3.63) is 71.0 Å². The molecule has 2 nitrogen and oxygen atoms in total. The van der Waals surface area contributed by atoms with Gasteiger partial charge in [-0.3, -0.25) is 0 Å². The Balaban J connectivity index is 1.92. The van der Waals surface area contributed by atoms with Gasteiger partial charge in [-0.05, 0) is 35.2 Å². The summed E-state index contributed by atoms with van der Waals surface area (Å²) in [5.41, 5.74) is 2.90. The van der Waals surface area contributed by atoms with Gasteiger partial charge in [0.15, 0.2) is 0 Å². The summed E-state index contributed by atoms with van der Waals surface area (Å²) in [4.78, 5) is 0. The Morgan fingerprint density at radius 3 is 2.63 bits per heavy atom. The summed E-state index contributed by atoms with van der Waals surface area (Å²) in [5, 5.41) is 10.4. The second-order valence-electron chi connectivity index (χ2n) is 4.74. The van der Waals surface area contributed by atoms with Crippen molar-refractivity contribution in [2.24, 2.45) is 0 Å². The summed E-state index contributed by atoms with van der Waals surface area (Å²) in [7, 11) is 0. The minimum absolute atomic E-state index is 0.305. The average molecular weight is 258 g/mol. The fourth-order valence-electron chi connectivity index (χ4n) is 2.52. The number of aliphatic hydroxyl groups is 1. The van der Waals surface area contributed by atoms with E-state index in [2.05, 4.69) is 6.07 Å². The average Bonchev–Trinajstić information content (AvgIpc) is 2.47. The molecule has 98 valence electrons. The number of rotatable bonds is 2. The number of hydrogen-bond donors (Lipinski definition) is 1. The van der Waals surface area contributed by atoms with Crippen LogP contribution in [0.2, 0.25) is 0 Å². The molecule has 0 aliphatic carbocycles. The molecule has 0 spiro atoms. The molecular formula is C16H15FO2. The first-order valence-corrected chi connectivity index (χ1v) is 6.38. The van der Waals surface area contributed by atoms with E-state index in [1.807, 2.05) is 18.2 Å². The zero-order chi connectivity index (χ0) is 13.2. The van der Waals surface area contributed by atoms with Crippen LogP contribution in [0.5, 0.6) is 0 Å². The number of halogens is 1. The zero-order valence-corrected chi connectivity index (χ0v) is 10.4. The molecule has 0 saturated carbocycles. The normalized spacial score (nSPS) is 19.8. The molecule has 0 aromatic heterocycles. The predicted octanol–water partition coefficient (Wildman–Crippen LogP) is 3.17. The van der Waals surface area contributed by atoms with Crippen LogP contribution in [0.3, 0.4) is 0 Å². The van der Waals surface area contributed by atoms with E-state index in [0.717, 1.165) is 12.0 Å². The highest BCUT2D eigenvalue weighted by atomic mass is 19.1. The highest BCUT2D eigenvalue weighted by Gasteiger charge is 2.28. The van der Waals surface area contributed by atoms with Crippen LogP contribution in [0.1, 0.15) is 28.9 Å². The van der Waals surface area contributed by atoms with Crippen LogP contribution in [-0.2, 0) is 11.2 Å². The Labute approximate surface area is 111 Å². The summed E-state index contributed by atoms with van der Waals surface area (Å²) in [6.07, 6.45) is -0.291. The van der Waals surface area contributed by atoms with Crippen molar-refractivity contribution < 1.29 is 14.2 Å². The van der Waals surface area contributed by atoms with Gasteiger partial charge in [-0.1, -0.05) is 36.4 Å². The van der Waals surface area contributed by atoms with Crippen molar-refractivity contribution in [1.82, 2.24) is 0 Å². The Bertz CT molecular complexity index is 565. The third-order valence-electron chi connectivity index (χ3n) is 3.53. The highest BCUT2D eigenvalue weighted by Crippen LogP contribution is 2.36. The largest absolute Gasteiger partial charge is 0.385 e. The van der Waals surface area contributed by atoms with Gasteiger partial charge in [0.1, 0.15) is 18.0 Å². The van der Waals surface area contributed by atoms with Crippen LogP contribution in [0.15, 0.2) is 48.5 Å². The summed E-state index contributed by atoms with van der Waals surface area (Å²) in [6, 6.07) is 13.9. The number of fused-ring (bicyclic) bond motifs is 1. The predicted molar refractivity (Wildman–Crippen MR) is 70.2 cm³/mol. The van der Waals surface area contributed by atoms with Gasteiger partial charge in [0.25, 0.3) is 0 Å². The molecule has 0 saturated heterocycles. The minimum atomic E-state index is -0.776. The van der Waals surface area contributed by atoms with Crippen molar-refractivity contribution in [3.8, 4) is 0 Å². The van der Waals surface area contributed by atoms with Crippen molar-refractivity contribution >= 4 is 0 Å². The van der Waals surface area contributed by atoms with E-state index in [1.165, 1.54) is 17.7 Å². The SMILES string of the molecule is OC(c1ccc(F)cc1)C1OCCc2ccccc21. The van der Waals surface area contributed by atoms with Crippen molar-refractivity contribution in [2.75, 3.05) is 6.61 Å². The van der Waals surface area contributed by atoms with Crippen LogP contribution in [0.4, 0.5) is 4.39 Å². The zero-order valence-electron chi connectivity index (χ0n) is 10.4. The maximum atomic E-state index is 12.9.